The van der Waals surface area contributed by atoms with Crippen molar-refractivity contribution in [1.29, 1.82) is 0 Å². The van der Waals surface area contributed by atoms with Crippen molar-refractivity contribution >= 4 is 29.2 Å². The van der Waals surface area contributed by atoms with E-state index >= 15 is 0 Å². The first-order valence-electron chi connectivity index (χ1n) is 6.69. The highest BCUT2D eigenvalue weighted by atomic mass is 16.5. The number of ether oxygens (including phenoxy) is 1. The second kappa shape index (κ2) is 5.73. The molecular formula is C17H13N2O3-. The van der Waals surface area contributed by atoms with Gasteiger partial charge in [0.25, 0.3) is 0 Å². The number of fused-ring (bicyclic) bond motifs is 1. The molecule has 0 aliphatic carbocycles. The number of H-pyrrole nitrogens is 1. The normalized spacial score (nSPS) is 11.1. The molecule has 0 fully saturated rings. The van der Waals surface area contributed by atoms with Gasteiger partial charge in [0.1, 0.15) is 11.6 Å². The lowest BCUT2D eigenvalue weighted by Gasteiger charge is -2.01. The molecule has 1 heterocycles. The predicted molar refractivity (Wildman–Crippen MR) is 82.3 cm³/mol. The van der Waals surface area contributed by atoms with E-state index < -0.39 is 5.97 Å². The number of aromatic amines is 1. The standard InChI is InChI=1S/C17H14N2O3/c1-22-12-5-2-4-11(10-12)8-9-15-18-14-7-3-6-13(17(20)21)16(14)19-15/h2-10H,1H3,(H,18,19)(H,20,21)/p-1/b9-8+. The van der Waals surface area contributed by atoms with Crippen molar-refractivity contribution < 1.29 is 14.6 Å². The maximum atomic E-state index is 11.1. The molecule has 22 heavy (non-hydrogen) atoms. The highest BCUT2D eigenvalue weighted by Gasteiger charge is 2.06. The summed E-state index contributed by atoms with van der Waals surface area (Å²) in [6.45, 7) is 0. The fourth-order valence-corrected chi connectivity index (χ4v) is 2.22. The topological polar surface area (TPSA) is 78.0 Å². The number of nitrogens with zero attached hydrogens (tertiary/aromatic N) is 1. The molecule has 0 radical (unpaired) electrons. The summed E-state index contributed by atoms with van der Waals surface area (Å²) in [6.07, 6.45) is 3.66. The smallest absolute Gasteiger partial charge is 0.131 e. The van der Waals surface area contributed by atoms with E-state index in [9.17, 15) is 9.90 Å². The maximum absolute atomic E-state index is 11.1. The van der Waals surface area contributed by atoms with E-state index in [-0.39, 0.29) is 5.56 Å². The lowest BCUT2D eigenvalue weighted by molar-refractivity contribution is -0.254. The van der Waals surface area contributed by atoms with Gasteiger partial charge in [-0.25, -0.2) is 4.98 Å². The van der Waals surface area contributed by atoms with Gasteiger partial charge < -0.3 is 19.6 Å². The lowest BCUT2D eigenvalue weighted by atomic mass is 10.2. The number of carbonyl (C=O) groups excluding carboxylic acids is 1. The first kappa shape index (κ1) is 13.9. The zero-order chi connectivity index (χ0) is 15.5. The van der Waals surface area contributed by atoms with Crippen LogP contribution in [-0.2, 0) is 0 Å². The summed E-state index contributed by atoms with van der Waals surface area (Å²) in [5.41, 5.74) is 2.09. The van der Waals surface area contributed by atoms with E-state index in [0.717, 1.165) is 11.3 Å². The number of hydrogen-bond acceptors (Lipinski definition) is 4. The van der Waals surface area contributed by atoms with Crippen LogP contribution in [0.5, 0.6) is 5.75 Å². The highest BCUT2D eigenvalue weighted by molar-refractivity contribution is 6.00. The summed E-state index contributed by atoms with van der Waals surface area (Å²) in [6, 6.07) is 12.5. The summed E-state index contributed by atoms with van der Waals surface area (Å²) in [7, 11) is 1.61. The van der Waals surface area contributed by atoms with Gasteiger partial charge in [-0.3, -0.25) is 0 Å². The predicted octanol–water partition coefficient (Wildman–Crippen LogP) is 2.11. The van der Waals surface area contributed by atoms with Gasteiger partial charge in [0, 0.05) is 5.56 Å². The molecule has 3 aromatic rings. The van der Waals surface area contributed by atoms with Crippen LogP contribution in [0.1, 0.15) is 21.7 Å². The van der Waals surface area contributed by atoms with E-state index in [1.807, 2.05) is 30.3 Å². The van der Waals surface area contributed by atoms with Crippen LogP contribution >= 0.6 is 0 Å². The Bertz CT molecular complexity index is 865. The van der Waals surface area contributed by atoms with E-state index in [1.54, 1.807) is 25.3 Å². The Hall–Kier alpha value is -3.08. The molecule has 0 saturated heterocycles. The molecule has 0 aliphatic heterocycles. The molecule has 0 saturated carbocycles. The number of imidazole rings is 1. The Kier molecular flexibility index (Phi) is 3.62. The van der Waals surface area contributed by atoms with Crippen molar-refractivity contribution in [2.75, 3.05) is 7.11 Å². The van der Waals surface area contributed by atoms with E-state index in [2.05, 4.69) is 9.97 Å². The average Bonchev–Trinajstić information content (AvgIpc) is 2.95. The number of hydrogen-bond donors (Lipinski definition) is 1. The van der Waals surface area contributed by atoms with Crippen molar-refractivity contribution in [3.8, 4) is 5.75 Å². The quantitative estimate of drug-likeness (QED) is 0.799. The van der Waals surface area contributed by atoms with Crippen molar-refractivity contribution in [1.82, 2.24) is 9.97 Å². The highest BCUT2D eigenvalue weighted by Crippen LogP contribution is 2.18. The largest absolute Gasteiger partial charge is 0.545 e. The van der Waals surface area contributed by atoms with Crippen molar-refractivity contribution in [2.45, 2.75) is 0 Å². The van der Waals surface area contributed by atoms with Crippen molar-refractivity contribution in [3.63, 3.8) is 0 Å². The summed E-state index contributed by atoms with van der Waals surface area (Å²) in [5, 5.41) is 11.1. The van der Waals surface area contributed by atoms with Crippen molar-refractivity contribution in [2.24, 2.45) is 0 Å². The fourth-order valence-electron chi connectivity index (χ4n) is 2.22. The molecule has 0 spiro atoms. The van der Waals surface area contributed by atoms with Gasteiger partial charge in [-0.2, -0.15) is 0 Å². The van der Waals surface area contributed by atoms with Crippen LogP contribution < -0.4 is 9.84 Å². The number of carbonyl (C=O) groups is 1. The summed E-state index contributed by atoms with van der Waals surface area (Å²) >= 11 is 0. The van der Waals surface area contributed by atoms with Crippen LogP contribution in [0.3, 0.4) is 0 Å². The van der Waals surface area contributed by atoms with Gasteiger partial charge in [0.05, 0.1) is 24.1 Å². The van der Waals surface area contributed by atoms with Crippen LogP contribution in [-0.4, -0.2) is 23.0 Å². The summed E-state index contributed by atoms with van der Waals surface area (Å²) in [4.78, 5) is 18.4. The number of aromatic nitrogens is 2. The second-order valence-corrected chi connectivity index (χ2v) is 4.72. The van der Waals surface area contributed by atoms with Gasteiger partial charge in [-0.05, 0) is 29.8 Å². The second-order valence-electron chi connectivity index (χ2n) is 4.72. The van der Waals surface area contributed by atoms with Crippen LogP contribution in [0.4, 0.5) is 0 Å². The van der Waals surface area contributed by atoms with Crippen LogP contribution in [0, 0.1) is 0 Å². The number of carboxylic acids is 1. The summed E-state index contributed by atoms with van der Waals surface area (Å²) in [5.74, 6) is 0.109. The average molecular weight is 293 g/mol. The molecule has 0 aliphatic rings. The Labute approximate surface area is 126 Å². The number of aromatic carboxylic acids is 1. The van der Waals surface area contributed by atoms with Gasteiger partial charge >= 0.3 is 0 Å². The van der Waals surface area contributed by atoms with Crippen molar-refractivity contribution in [3.05, 3.63) is 59.4 Å². The molecular weight excluding hydrogens is 280 g/mol. The third kappa shape index (κ3) is 2.69. The molecule has 0 atom stereocenters. The molecule has 0 amide bonds. The number of rotatable bonds is 4. The van der Waals surface area contributed by atoms with Gasteiger partial charge in [-0.15, -0.1) is 0 Å². The van der Waals surface area contributed by atoms with Crippen LogP contribution in [0.2, 0.25) is 0 Å². The summed E-state index contributed by atoms with van der Waals surface area (Å²) < 4.78 is 5.17. The van der Waals surface area contributed by atoms with Crippen LogP contribution in [0.25, 0.3) is 23.2 Å². The first-order chi connectivity index (χ1) is 10.7. The molecule has 1 aromatic heterocycles. The third-order valence-corrected chi connectivity index (χ3v) is 3.28. The zero-order valence-electron chi connectivity index (χ0n) is 11.9. The molecule has 3 rings (SSSR count). The van der Waals surface area contributed by atoms with E-state index in [0.29, 0.717) is 16.9 Å². The Balaban J connectivity index is 1.95. The lowest BCUT2D eigenvalue weighted by Crippen LogP contribution is -2.22. The Morgan fingerprint density at radius 3 is 2.82 bits per heavy atom. The maximum Gasteiger partial charge on any atom is 0.131 e. The molecule has 0 bridgehead atoms. The van der Waals surface area contributed by atoms with Crippen LogP contribution in [0.15, 0.2) is 42.5 Å². The molecule has 0 unspecified atom stereocenters. The minimum atomic E-state index is -1.24. The fraction of sp³-hybridized carbons (Fsp3) is 0.0588. The zero-order valence-corrected chi connectivity index (χ0v) is 11.9. The molecule has 5 nitrogen and oxygen atoms in total. The van der Waals surface area contributed by atoms with E-state index in [1.165, 1.54) is 6.07 Å². The van der Waals surface area contributed by atoms with Gasteiger partial charge in [-0.1, -0.05) is 30.3 Å². The molecule has 1 N–H and O–H groups in total. The Morgan fingerprint density at radius 1 is 1.23 bits per heavy atom. The van der Waals surface area contributed by atoms with Gasteiger partial charge in [0.15, 0.2) is 0 Å². The minimum Gasteiger partial charge on any atom is -0.545 e. The molecule has 5 heteroatoms. The SMILES string of the molecule is COc1cccc(/C=C/c2nc3c(C(=O)[O-])cccc3[nH]2)c1. The number of para-hydroxylation sites is 1. The first-order valence-corrected chi connectivity index (χ1v) is 6.69. The monoisotopic (exact) mass is 293 g/mol. The Morgan fingerprint density at radius 2 is 2.05 bits per heavy atom. The molecule has 2 aromatic carbocycles. The number of carboxylic acid groups (broad SMARTS) is 1. The number of nitrogens with one attached hydrogen (secondary N) is 1. The number of methoxy groups -OCH3 is 1. The molecule has 110 valence electrons. The number of benzene rings is 2. The minimum absolute atomic E-state index is 0.0785. The van der Waals surface area contributed by atoms with Gasteiger partial charge in [0.2, 0.25) is 0 Å². The third-order valence-electron chi connectivity index (χ3n) is 3.28. The van der Waals surface area contributed by atoms with E-state index in [4.69, 9.17) is 4.74 Å².